The van der Waals surface area contributed by atoms with Gasteiger partial charge in [-0.25, -0.2) is 0 Å². The predicted molar refractivity (Wildman–Crippen MR) is 141 cm³/mol. The van der Waals surface area contributed by atoms with Gasteiger partial charge in [-0.3, -0.25) is 14.8 Å². The van der Waals surface area contributed by atoms with Crippen molar-refractivity contribution in [2.24, 2.45) is 15.8 Å². The molecule has 0 aromatic heterocycles. The van der Waals surface area contributed by atoms with Gasteiger partial charge in [-0.05, 0) is 31.7 Å². The largest absolute Gasteiger partial charge is 0.496 e. The van der Waals surface area contributed by atoms with Crippen LogP contribution >= 0.6 is 12.2 Å². The van der Waals surface area contributed by atoms with Crippen LogP contribution in [-0.4, -0.2) is 71.1 Å². The number of nitriles is 2. The lowest BCUT2D eigenvalue weighted by Gasteiger charge is -2.61. The van der Waals surface area contributed by atoms with Crippen molar-refractivity contribution >= 4 is 23.0 Å². The van der Waals surface area contributed by atoms with Crippen LogP contribution in [0.25, 0.3) is 0 Å². The Morgan fingerprint density at radius 3 is 2.19 bits per heavy atom. The van der Waals surface area contributed by atoms with Crippen molar-refractivity contribution in [3.8, 4) is 17.9 Å². The summed E-state index contributed by atoms with van der Waals surface area (Å²) < 4.78 is 5.79. The third-order valence-corrected chi connectivity index (χ3v) is 10.0. The summed E-state index contributed by atoms with van der Waals surface area (Å²) in [6.45, 7) is 2.33. The minimum Gasteiger partial charge on any atom is -0.496 e. The number of nitrogens with zero attached hydrogens (tertiary/aromatic N) is 6. The van der Waals surface area contributed by atoms with E-state index in [0.717, 1.165) is 24.2 Å². The first kappa shape index (κ1) is 23.9. The lowest BCUT2D eigenvalue weighted by molar-refractivity contribution is 0.0282. The van der Waals surface area contributed by atoms with E-state index in [1.54, 1.807) is 7.11 Å². The van der Waals surface area contributed by atoms with Crippen molar-refractivity contribution in [2.75, 3.05) is 33.5 Å². The number of methoxy groups -OCH3 is 1. The van der Waals surface area contributed by atoms with Gasteiger partial charge in [0.05, 0.1) is 32.6 Å². The molecule has 4 fully saturated rings. The highest BCUT2D eigenvalue weighted by Crippen LogP contribution is 2.60. The van der Waals surface area contributed by atoms with Crippen LogP contribution in [0.1, 0.15) is 62.8 Å². The predicted octanol–water partition coefficient (Wildman–Crippen LogP) is 4.27. The average Bonchev–Trinajstić information content (AvgIpc) is 3.66. The lowest BCUT2D eigenvalue weighted by Crippen LogP contribution is -2.74. The Morgan fingerprint density at radius 2 is 1.56 bits per heavy atom. The van der Waals surface area contributed by atoms with E-state index in [1.165, 1.54) is 38.5 Å². The topological polar surface area (TPSA) is 78.9 Å². The molecule has 0 spiro atoms. The molecule has 0 N–H and O–H groups in total. The number of thiocarbonyl (C=S) groups is 1. The van der Waals surface area contributed by atoms with Gasteiger partial charge >= 0.3 is 0 Å². The maximum atomic E-state index is 11.1. The standard InChI is InChI=1S/C28H34N6OS/c1-35-23-13-7-6-12-22(23)24-27(14-29)16-32(20-8-2-3-9-20)17-28(24,15-30)26(36)34-19-33(18-31-25(27)34)21-10-4-5-11-21/h6-7,12-13,20-21,24H,2-5,8-11,16-19H2,1H3/t24-,27+,28+/m1/s1. The molecule has 6 rings (SSSR count). The third kappa shape index (κ3) is 3.35. The summed E-state index contributed by atoms with van der Waals surface area (Å²) in [5.41, 5.74) is -1.11. The Morgan fingerprint density at radius 1 is 0.944 bits per heavy atom. The second kappa shape index (κ2) is 9.10. The molecular formula is C28H34N6OS. The lowest BCUT2D eigenvalue weighted by atomic mass is 9.53. The van der Waals surface area contributed by atoms with E-state index in [-0.39, 0.29) is 0 Å². The van der Waals surface area contributed by atoms with Crippen molar-refractivity contribution < 1.29 is 4.74 Å². The monoisotopic (exact) mass is 502 g/mol. The molecule has 0 amide bonds. The highest BCUT2D eigenvalue weighted by Gasteiger charge is 2.69. The van der Waals surface area contributed by atoms with Gasteiger partial charge in [-0.15, -0.1) is 0 Å². The van der Waals surface area contributed by atoms with Crippen molar-refractivity contribution in [3.05, 3.63) is 29.8 Å². The summed E-state index contributed by atoms with van der Waals surface area (Å²) in [5, 5.41) is 22.1. The maximum absolute atomic E-state index is 11.1. The highest BCUT2D eigenvalue weighted by atomic mass is 32.1. The molecule has 1 aromatic rings. The fourth-order valence-corrected chi connectivity index (χ4v) is 8.14. The van der Waals surface area contributed by atoms with Crippen molar-refractivity contribution in [1.82, 2.24) is 14.7 Å². The second-order valence-electron chi connectivity index (χ2n) is 11.2. The van der Waals surface area contributed by atoms with Crippen LogP contribution in [0.5, 0.6) is 5.75 Å². The summed E-state index contributed by atoms with van der Waals surface area (Å²) in [6, 6.07) is 14.2. The minimum absolute atomic E-state index is 0.387. The maximum Gasteiger partial charge on any atom is 0.136 e. The number of benzene rings is 1. The number of hydrogen-bond donors (Lipinski definition) is 0. The van der Waals surface area contributed by atoms with E-state index < -0.39 is 16.7 Å². The van der Waals surface area contributed by atoms with Gasteiger partial charge in [-0.1, -0.05) is 56.1 Å². The number of rotatable bonds is 4. The SMILES string of the molecule is COc1ccccc1[C@H]1[C@]2(C#N)CN(C3CCCC3)C[C@]1(C#N)C1=NCN(C3CCCC3)CN1C2=S. The van der Waals surface area contributed by atoms with Crippen LogP contribution in [0.3, 0.4) is 0 Å². The quantitative estimate of drug-likeness (QED) is 0.569. The Labute approximate surface area is 219 Å². The van der Waals surface area contributed by atoms with E-state index in [0.29, 0.717) is 49.2 Å². The molecule has 0 unspecified atom stereocenters. The van der Waals surface area contributed by atoms with Gasteiger partial charge in [-0.2, -0.15) is 10.5 Å². The van der Waals surface area contributed by atoms with E-state index in [9.17, 15) is 10.5 Å². The van der Waals surface area contributed by atoms with Gasteiger partial charge in [0.1, 0.15) is 27.4 Å². The molecule has 36 heavy (non-hydrogen) atoms. The summed E-state index contributed by atoms with van der Waals surface area (Å²) in [7, 11) is 1.66. The first-order valence-corrected chi connectivity index (χ1v) is 13.8. The first-order valence-electron chi connectivity index (χ1n) is 13.4. The second-order valence-corrected chi connectivity index (χ2v) is 11.6. The number of aliphatic imine (C=N–C) groups is 1. The number of ether oxygens (including phenoxy) is 1. The van der Waals surface area contributed by atoms with Crippen molar-refractivity contribution in [3.63, 3.8) is 0 Å². The third-order valence-electron chi connectivity index (χ3n) is 9.43. The first-order chi connectivity index (χ1) is 17.6. The van der Waals surface area contributed by atoms with E-state index in [2.05, 4.69) is 26.8 Å². The molecule has 0 radical (unpaired) electrons. The molecule has 5 aliphatic rings. The van der Waals surface area contributed by atoms with Crippen LogP contribution in [0.2, 0.25) is 0 Å². The normalized spacial score (nSPS) is 33.6. The van der Waals surface area contributed by atoms with Gasteiger partial charge in [0.25, 0.3) is 0 Å². The van der Waals surface area contributed by atoms with Crippen molar-refractivity contribution in [1.29, 1.82) is 10.5 Å². The Hall–Kier alpha value is -2.52. The van der Waals surface area contributed by atoms with Crippen LogP contribution in [-0.2, 0) is 0 Å². The molecule has 3 aliphatic heterocycles. The van der Waals surface area contributed by atoms with E-state index >= 15 is 0 Å². The number of hydrogen-bond acceptors (Lipinski definition) is 7. The van der Waals surface area contributed by atoms with E-state index in [1.807, 2.05) is 24.3 Å². The molecule has 2 saturated heterocycles. The van der Waals surface area contributed by atoms with Crippen LogP contribution in [0.15, 0.2) is 29.3 Å². The number of likely N-dealkylation sites (tertiary alicyclic amines) is 1. The molecular weight excluding hydrogens is 468 g/mol. The molecule has 3 heterocycles. The molecule has 7 nitrogen and oxygen atoms in total. The molecule has 2 aliphatic carbocycles. The molecule has 8 heteroatoms. The average molecular weight is 503 g/mol. The Kier molecular flexibility index (Phi) is 6.03. The van der Waals surface area contributed by atoms with Crippen molar-refractivity contribution in [2.45, 2.75) is 69.4 Å². The van der Waals surface area contributed by atoms with Gasteiger partial charge < -0.3 is 9.64 Å². The number of amidine groups is 1. The zero-order valence-electron chi connectivity index (χ0n) is 21.0. The molecule has 2 saturated carbocycles. The molecule has 1 aromatic carbocycles. The summed E-state index contributed by atoms with van der Waals surface area (Å²) in [5.74, 6) is 1.03. The van der Waals surface area contributed by atoms with Gasteiger partial charge in [0.2, 0.25) is 0 Å². The Balaban J connectivity index is 1.53. The van der Waals surface area contributed by atoms with Crippen LogP contribution in [0.4, 0.5) is 0 Å². The number of fused-ring (bicyclic) bond motifs is 4. The molecule has 3 atom stereocenters. The fraction of sp³-hybridized carbons (Fsp3) is 0.643. The Bertz CT molecular complexity index is 1160. The fourth-order valence-electron chi connectivity index (χ4n) is 7.77. The zero-order chi connectivity index (χ0) is 24.9. The van der Waals surface area contributed by atoms with Crippen LogP contribution < -0.4 is 4.74 Å². The van der Waals surface area contributed by atoms with E-state index in [4.69, 9.17) is 21.9 Å². The zero-order valence-corrected chi connectivity index (χ0v) is 21.8. The number of piperidine rings is 2. The van der Waals surface area contributed by atoms with Gasteiger partial charge in [0, 0.05) is 36.7 Å². The summed E-state index contributed by atoms with van der Waals surface area (Å²) in [4.78, 5) is 12.6. The number of para-hydroxylation sites is 1. The smallest absolute Gasteiger partial charge is 0.136 e. The minimum atomic E-state index is -1.02. The highest BCUT2D eigenvalue weighted by molar-refractivity contribution is 7.80. The summed E-state index contributed by atoms with van der Waals surface area (Å²) in [6.07, 6.45) is 9.47. The molecule has 2 bridgehead atoms. The van der Waals surface area contributed by atoms with Gasteiger partial charge in [0.15, 0.2) is 0 Å². The molecule has 188 valence electrons. The summed E-state index contributed by atoms with van der Waals surface area (Å²) >= 11 is 6.25. The van der Waals surface area contributed by atoms with Crippen LogP contribution in [0, 0.1) is 33.5 Å².